The van der Waals surface area contributed by atoms with E-state index in [1.165, 1.54) is 0 Å². The summed E-state index contributed by atoms with van der Waals surface area (Å²) in [6.45, 7) is 6.08. The van der Waals surface area contributed by atoms with Crippen molar-refractivity contribution in [3.05, 3.63) is 0 Å². The summed E-state index contributed by atoms with van der Waals surface area (Å²) in [6, 6.07) is 0. The highest BCUT2D eigenvalue weighted by molar-refractivity contribution is 5.77. The largest absolute Gasteiger partial charge is 0.462 e. The molecule has 4 bridgehead atoms. The molecule has 4 atom stereocenters. The van der Waals surface area contributed by atoms with Crippen molar-refractivity contribution < 1.29 is 28.6 Å². The van der Waals surface area contributed by atoms with Crippen LogP contribution in [0, 0.1) is 11.3 Å². The van der Waals surface area contributed by atoms with Gasteiger partial charge in [-0.05, 0) is 20.3 Å². The Balaban J connectivity index is 1.91. The molecular weight excluding hydrogens is 300 g/mol. The molecule has 0 spiro atoms. The summed E-state index contributed by atoms with van der Waals surface area (Å²) in [6.07, 6.45) is 2.65. The van der Waals surface area contributed by atoms with Gasteiger partial charge in [-0.3, -0.25) is 14.4 Å². The molecule has 4 fully saturated rings. The first-order valence-corrected chi connectivity index (χ1v) is 8.29. The number of carbonyl (C=O) groups excluding carboxylic acids is 3. The van der Waals surface area contributed by atoms with Crippen LogP contribution in [0.1, 0.15) is 59.3 Å². The zero-order valence-electron chi connectivity index (χ0n) is 13.9. The Kier molecular flexibility index (Phi) is 3.69. The molecule has 2 heterocycles. The van der Waals surface area contributed by atoms with Crippen molar-refractivity contribution >= 4 is 18.4 Å². The van der Waals surface area contributed by atoms with Crippen molar-refractivity contribution in [1.82, 2.24) is 0 Å². The van der Waals surface area contributed by atoms with E-state index < -0.39 is 16.6 Å². The van der Waals surface area contributed by atoms with Crippen molar-refractivity contribution in [2.24, 2.45) is 11.3 Å². The van der Waals surface area contributed by atoms with Crippen molar-refractivity contribution in [2.45, 2.75) is 76.6 Å². The Morgan fingerprint density at radius 1 is 1.30 bits per heavy atom. The SMILES string of the molecule is CCC(C)(C)C(=O)OC12CC3CC(OC=O)(CC(C1)C(=O)O3)C2. The molecule has 0 amide bonds. The number of esters is 2. The third kappa shape index (κ3) is 2.72. The van der Waals surface area contributed by atoms with E-state index in [1.54, 1.807) is 0 Å². The summed E-state index contributed by atoms with van der Waals surface area (Å²) in [5, 5.41) is 0. The second-order valence-electron chi connectivity index (χ2n) is 7.96. The highest BCUT2D eigenvalue weighted by Gasteiger charge is 2.62. The third-order valence-corrected chi connectivity index (χ3v) is 5.74. The van der Waals surface area contributed by atoms with E-state index in [-0.39, 0.29) is 24.0 Å². The topological polar surface area (TPSA) is 78.9 Å². The summed E-state index contributed by atoms with van der Waals surface area (Å²) in [5.41, 5.74) is -2.11. The molecule has 0 radical (unpaired) electrons. The van der Waals surface area contributed by atoms with Crippen LogP contribution < -0.4 is 0 Å². The molecule has 4 rings (SSSR count). The second-order valence-corrected chi connectivity index (χ2v) is 7.96. The van der Waals surface area contributed by atoms with Crippen LogP contribution in [-0.4, -0.2) is 35.7 Å². The fraction of sp³-hybridized carbons (Fsp3) is 0.824. The molecule has 6 heteroatoms. The quantitative estimate of drug-likeness (QED) is 0.438. The van der Waals surface area contributed by atoms with Gasteiger partial charge in [0.05, 0.1) is 11.3 Å². The Morgan fingerprint density at radius 2 is 1.96 bits per heavy atom. The monoisotopic (exact) mass is 324 g/mol. The predicted octanol–water partition coefficient (Wildman–Crippen LogP) is 2.14. The Hall–Kier alpha value is -1.59. The molecule has 0 aromatic rings. The summed E-state index contributed by atoms with van der Waals surface area (Å²) in [7, 11) is 0. The van der Waals surface area contributed by atoms with E-state index >= 15 is 0 Å². The van der Waals surface area contributed by atoms with E-state index in [9.17, 15) is 14.4 Å². The molecule has 6 nitrogen and oxygen atoms in total. The van der Waals surface area contributed by atoms with E-state index in [2.05, 4.69) is 0 Å². The lowest BCUT2D eigenvalue weighted by Crippen LogP contribution is -2.58. The zero-order chi connectivity index (χ0) is 16.9. The summed E-state index contributed by atoms with van der Waals surface area (Å²) >= 11 is 0. The lowest BCUT2D eigenvalue weighted by molar-refractivity contribution is -0.208. The molecule has 0 aromatic carbocycles. The molecule has 2 saturated heterocycles. The summed E-state index contributed by atoms with van der Waals surface area (Å²) < 4.78 is 16.8. The van der Waals surface area contributed by atoms with Gasteiger partial charge in [0.2, 0.25) is 0 Å². The van der Waals surface area contributed by atoms with Gasteiger partial charge in [0.1, 0.15) is 17.3 Å². The Morgan fingerprint density at radius 3 is 2.61 bits per heavy atom. The van der Waals surface area contributed by atoms with Gasteiger partial charge in [-0.15, -0.1) is 0 Å². The lowest BCUT2D eigenvalue weighted by Gasteiger charge is -2.51. The zero-order valence-corrected chi connectivity index (χ0v) is 13.9. The van der Waals surface area contributed by atoms with Gasteiger partial charge in [-0.1, -0.05) is 6.92 Å². The van der Waals surface area contributed by atoms with Crippen LogP contribution in [0.15, 0.2) is 0 Å². The van der Waals surface area contributed by atoms with E-state index in [0.29, 0.717) is 45.0 Å². The first kappa shape index (κ1) is 16.3. The third-order valence-electron chi connectivity index (χ3n) is 5.74. The smallest absolute Gasteiger partial charge is 0.312 e. The highest BCUT2D eigenvalue weighted by atomic mass is 16.6. The number of hydrogen-bond donors (Lipinski definition) is 0. The Bertz CT molecular complexity index is 541. The van der Waals surface area contributed by atoms with Gasteiger partial charge in [0.15, 0.2) is 0 Å². The summed E-state index contributed by atoms with van der Waals surface area (Å²) in [4.78, 5) is 35.7. The standard InChI is InChI=1S/C17H24O6/c1-4-15(2,3)14(20)23-17-6-11-5-16(9-17,21-10-18)7-12(8-17)22-13(11)19/h10-12H,4-9H2,1-3H3. The molecule has 2 aliphatic heterocycles. The fourth-order valence-electron chi connectivity index (χ4n) is 4.26. The van der Waals surface area contributed by atoms with Gasteiger partial charge >= 0.3 is 11.9 Å². The van der Waals surface area contributed by atoms with Crippen LogP contribution in [0.3, 0.4) is 0 Å². The molecule has 2 aliphatic carbocycles. The van der Waals surface area contributed by atoms with Gasteiger partial charge in [-0.2, -0.15) is 0 Å². The minimum Gasteiger partial charge on any atom is -0.462 e. The average molecular weight is 324 g/mol. The van der Waals surface area contributed by atoms with Crippen molar-refractivity contribution in [3.8, 4) is 0 Å². The van der Waals surface area contributed by atoms with E-state index in [4.69, 9.17) is 14.2 Å². The maximum absolute atomic E-state index is 12.6. The molecule has 2 saturated carbocycles. The van der Waals surface area contributed by atoms with E-state index in [0.717, 1.165) is 0 Å². The predicted molar refractivity (Wildman–Crippen MR) is 79.2 cm³/mol. The molecule has 4 aliphatic rings. The number of hydrogen-bond acceptors (Lipinski definition) is 6. The van der Waals surface area contributed by atoms with Crippen LogP contribution in [0.5, 0.6) is 0 Å². The van der Waals surface area contributed by atoms with Crippen molar-refractivity contribution in [1.29, 1.82) is 0 Å². The van der Waals surface area contributed by atoms with Crippen LogP contribution >= 0.6 is 0 Å². The summed E-state index contributed by atoms with van der Waals surface area (Å²) in [5.74, 6) is -0.914. The van der Waals surface area contributed by atoms with E-state index in [1.807, 2.05) is 20.8 Å². The van der Waals surface area contributed by atoms with Crippen LogP contribution in [0.4, 0.5) is 0 Å². The molecular formula is C17H24O6. The number of rotatable bonds is 5. The lowest BCUT2D eigenvalue weighted by atomic mass is 9.62. The number of ether oxygens (including phenoxy) is 3. The van der Waals surface area contributed by atoms with Crippen molar-refractivity contribution in [2.75, 3.05) is 0 Å². The van der Waals surface area contributed by atoms with Crippen LogP contribution in [0.25, 0.3) is 0 Å². The number of carbonyl (C=O) groups is 3. The van der Waals surface area contributed by atoms with Gasteiger partial charge in [0.25, 0.3) is 6.47 Å². The Labute approximate surface area is 135 Å². The molecule has 23 heavy (non-hydrogen) atoms. The van der Waals surface area contributed by atoms with Crippen molar-refractivity contribution in [3.63, 3.8) is 0 Å². The van der Waals surface area contributed by atoms with Gasteiger partial charge in [-0.25, -0.2) is 0 Å². The minimum absolute atomic E-state index is 0.265. The van der Waals surface area contributed by atoms with Crippen LogP contribution in [0.2, 0.25) is 0 Å². The maximum atomic E-state index is 12.6. The highest BCUT2D eigenvalue weighted by Crippen LogP contribution is 2.55. The first-order chi connectivity index (χ1) is 10.7. The molecule has 128 valence electrons. The molecule has 0 N–H and O–H groups in total. The second kappa shape index (κ2) is 5.21. The molecule has 0 aromatic heterocycles. The fourth-order valence-corrected chi connectivity index (χ4v) is 4.26. The minimum atomic E-state index is -0.773. The normalized spacial score (nSPS) is 38.7. The average Bonchev–Trinajstić information content (AvgIpc) is 2.59. The molecule has 4 unspecified atom stereocenters. The first-order valence-electron chi connectivity index (χ1n) is 8.29. The van der Waals surface area contributed by atoms with Gasteiger partial charge < -0.3 is 14.2 Å². The number of fused-ring (bicyclic) bond motifs is 1. The van der Waals surface area contributed by atoms with Crippen LogP contribution in [-0.2, 0) is 28.6 Å². The van der Waals surface area contributed by atoms with Gasteiger partial charge in [0, 0.05) is 32.1 Å². The maximum Gasteiger partial charge on any atom is 0.312 e.